The molecule has 1 aromatic rings. The molecule has 0 aliphatic carbocycles. The summed E-state index contributed by atoms with van der Waals surface area (Å²) in [7, 11) is 0. The van der Waals surface area contributed by atoms with Crippen LogP contribution >= 0.6 is 23.2 Å². The van der Waals surface area contributed by atoms with Crippen molar-refractivity contribution in [2.45, 2.75) is 38.8 Å². The smallest absolute Gasteiger partial charge is 0.408 e. The highest BCUT2D eigenvalue weighted by molar-refractivity contribution is 6.33. The van der Waals surface area contributed by atoms with E-state index in [1.807, 2.05) is 0 Å². The topological polar surface area (TPSA) is 75.6 Å². The molecule has 0 unspecified atom stereocenters. The lowest BCUT2D eigenvalue weighted by molar-refractivity contribution is -0.137. The van der Waals surface area contributed by atoms with Crippen LogP contribution in [0.4, 0.5) is 4.79 Å². The van der Waals surface area contributed by atoms with Gasteiger partial charge in [0.2, 0.25) is 0 Å². The highest BCUT2D eigenvalue weighted by atomic mass is 35.5. The number of carboxylic acid groups (broad SMARTS) is 1. The molecule has 0 radical (unpaired) electrons. The molecule has 0 saturated heterocycles. The van der Waals surface area contributed by atoms with Crippen LogP contribution in [0.1, 0.15) is 38.8 Å². The summed E-state index contributed by atoms with van der Waals surface area (Å²) in [5.41, 5.74) is -0.256. The fraction of sp³-hybridized carbons (Fsp3) is 0.429. The number of nitrogens with one attached hydrogen (secondary N) is 1. The fourth-order valence-corrected chi connectivity index (χ4v) is 2.07. The summed E-state index contributed by atoms with van der Waals surface area (Å²) in [4.78, 5) is 22.8. The molecule has 21 heavy (non-hydrogen) atoms. The third-order valence-electron chi connectivity index (χ3n) is 2.40. The van der Waals surface area contributed by atoms with Crippen LogP contribution in [0, 0.1) is 0 Å². The summed E-state index contributed by atoms with van der Waals surface area (Å²) in [5, 5.41) is 12.2. The maximum Gasteiger partial charge on any atom is 0.408 e. The number of hydrogen-bond acceptors (Lipinski definition) is 3. The Bertz CT molecular complexity index is 540. The average Bonchev–Trinajstić information content (AvgIpc) is 2.28. The first-order valence-electron chi connectivity index (χ1n) is 6.25. The number of ether oxygens (including phenoxy) is 1. The third-order valence-corrected chi connectivity index (χ3v) is 2.98. The molecule has 5 nitrogen and oxygen atoms in total. The first-order chi connectivity index (χ1) is 9.58. The molecule has 116 valence electrons. The van der Waals surface area contributed by atoms with Gasteiger partial charge in [0.15, 0.2) is 0 Å². The Kier molecular flexibility index (Phi) is 5.87. The van der Waals surface area contributed by atoms with Crippen molar-refractivity contribution < 1.29 is 19.4 Å². The van der Waals surface area contributed by atoms with Gasteiger partial charge in [-0.05, 0) is 44.5 Å². The standard InChI is InChI=1S/C14H17Cl2NO4/c1-14(2,3)21-13(20)17-11(7-12(18)19)9-6-8(15)4-5-10(9)16/h4-6,11H,7H2,1-3H3,(H,17,20)(H,18,19)/t11-/m0/s1. The second-order valence-electron chi connectivity index (χ2n) is 5.46. The van der Waals surface area contributed by atoms with Crippen molar-refractivity contribution >= 4 is 35.3 Å². The fourth-order valence-electron chi connectivity index (χ4n) is 1.64. The van der Waals surface area contributed by atoms with Crippen LogP contribution < -0.4 is 5.32 Å². The minimum Gasteiger partial charge on any atom is -0.481 e. The molecule has 0 bridgehead atoms. The number of benzene rings is 1. The maximum atomic E-state index is 11.8. The summed E-state index contributed by atoms with van der Waals surface area (Å²) in [5.74, 6) is -1.08. The van der Waals surface area contributed by atoms with E-state index in [0.717, 1.165) is 0 Å². The van der Waals surface area contributed by atoms with Crippen molar-refractivity contribution in [1.29, 1.82) is 0 Å². The van der Waals surface area contributed by atoms with Crippen molar-refractivity contribution in [3.05, 3.63) is 33.8 Å². The average molecular weight is 334 g/mol. The maximum absolute atomic E-state index is 11.8. The number of rotatable bonds is 4. The van der Waals surface area contributed by atoms with E-state index in [2.05, 4.69) is 5.32 Å². The predicted molar refractivity (Wildman–Crippen MR) is 80.8 cm³/mol. The van der Waals surface area contributed by atoms with Crippen molar-refractivity contribution in [2.75, 3.05) is 0 Å². The summed E-state index contributed by atoms with van der Waals surface area (Å²) >= 11 is 11.9. The normalized spacial score (nSPS) is 12.6. The molecule has 0 aromatic heterocycles. The SMILES string of the molecule is CC(C)(C)OC(=O)N[C@@H](CC(=O)O)c1cc(Cl)ccc1Cl. The minimum atomic E-state index is -1.08. The van der Waals surface area contributed by atoms with E-state index in [-0.39, 0.29) is 6.42 Å². The van der Waals surface area contributed by atoms with Crippen molar-refractivity contribution in [3.8, 4) is 0 Å². The molecule has 0 saturated carbocycles. The zero-order valence-corrected chi connectivity index (χ0v) is 13.5. The molecule has 0 heterocycles. The first kappa shape index (κ1) is 17.6. The molecule has 1 rings (SSSR count). The molecule has 2 N–H and O–H groups in total. The zero-order valence-electron chi connectivity index (χ0n) is 11.9. The Morgan fingerprint density at radius 3 is 2.48 bits per heavy atom. The van der Waals surface area contributed by atoms with Crippen LogP contribution in [-0.2, 0) is 9.53 Å². The van der Waals surface area contributed by atoms with Gasteiger partial charge in [-0.2, -0.15) is 0 Å². The van der Waals surface area contributed by atoms with Gasteiger partial charge in [-0.1, -0.05) is 23.2 Å². The summed E-state index contributed by atoms with van der Waals surface area (Å²) < 4.78 is 5.12. The van der Waals surface area contributed by atoms with E-state index in [1.54, 1.807) is 32.9 Å². The number of halogens is 2. The monoisotopic (exact) mass is 333 g/mol. The molecule has 0 spiro atoms. The van der Waals surface area contributed by atoms with Gasteiger partial charge in [0.1, 0.15) is 5.60 Å². The number of carbonyl (C=O) groups excluding carboxylic acids is 1. The zero-order chi connectivity index (χ0) is 16.2. The Hall–Kier alpha value is -1.46. The quantitative estimate of drug-likeness (QED) is 0.871. The van der Waals surface area contributed by atoms with Gasteiger partial charge in [-0.25, -0.2) is 4.79 Å². The van der Waals surface area contributed by atoms with Crippen molar-refractivity contribution in [3.63, 3.8) is 0 Å². The Morgan fingerprint density at radius 1 is 1.33 bits per heavy atom. The largest absolute Gasteiger partial charge is 0.481 e. The second-order valence-corrected chi connectivity index (χ2v) is 6.31. The first-order valence-corrected chi connectivity index (χ1v) is 7.00. The molecule has 1 atom stereocenters. The van der Waals surface area contributed by atoms with E-state index in [4.69, 9.17) is 33.0 Å². The number of carbonyl (C=O) groups is 2. The van der Waals surface area contributed by atoms with Crippen LogP contribution in [0.25, 0.3) is 0 Å². The predicted octanol–water partition coefficient (Wildman–Crippen LogP) is 4.03. The van der Waals surface area contributed by atoms with Gasteiger partial charge in [0.25, 0.3) is 0 Å². The van der Waals surface area contributed by atoms with Gasteiger partial charge >= 0.3 is 12.1 Å². The third kappa shape index (κ3) is 6.23. The van der Waals surface area contributed by atoms with Gasteiger partial charge < -0.3 is 15.2 Å². The highest BCUT2D eigenvalue weighted by Gasteiger charge is 2.24. The van der Waals surface area contributed by atoms with Crippen LogP contribution in [0.5, 0.6) is 0 Å². The molecule has 0 aliphatic rings. The highest BCUT2D eigenvalue weighted by Crippen LogP contribution is 2.28. The van der Waals surface area contributed by atoms with Crippen LogP contribution in [0.2, 0.25) is 10.0 Å². The van der Waals surface area contributed by atoms with Crippen LogP contribution in [0.15, 0.2) is 18.2 Å². The molecular formula is C14H17Cl2NO4. The molecule has 1 amide bonds. The number of carboxylic acids is 1. The Morgan fingerprint density at radius 2 is 1.95 bits per heavy atom. The van der Waals surface area contributed by atoms with E-state index in [0.29, 0.717) is 15.6 Å². The lowest BCUT2D eigenvalue weighted by Gasteiger charge is -2.23. The van der Waals surface area contributed by atoms with Crippen LogP contribution in [0.3, 0.4) is 0 Å². The van der Waals surface area contributed by atoms with Gasteiger partial charge in [-0.3, -0.25) is 4.79 Å². The molecule has 0 aliphatic heterocycles. The van der Waals surface area contributed by atoms with Gasteiger partial charge in [0, 0.05) is 10.0 Å². The number of aliphatic carboxylic acids is 1. The Labute approximate surface area is 133 Å². The number of hydrogen-bond donors (Lipinski definition) is 2. The molecule has 7 heteroatoms. The summed E-state index contributed by atoms with van der Waals surface area (Å²) in [6, 6.07) is 3.82. The minimum absolute atomic E-state index is 0.321. The molecule has 1 aromatic carbocycles. The lowest BCUT2D eigenvalue weighted by Crippen LogP contribution is -2.35. The second kappa shape index (κ2) is 7.00. The summed E-state index contributed by atoms with van der Waals surface area (Å²) in [6.07, 6.45) is -1.05. The van der Waals surface area contributed by atoms with E-state index in [1.165, 1.54) is 6.07 Å². The Balaban J connectivity index is 2.98. The van der Waals surface area contributed by atoms with E-state index in [9.17, 15) is 9.59 Å². The van der Waals surface area contributed by atoms with E-state index < -0.39 is 23.7 Å². The number of amides is 1. The van der Waals surface area contributed by atoms with Gasteiger partial charge in [0.05, 0.1) is 12.5 Å². The van der Waals surface area contributed by atoms with Crippen molar-refractivity contribution in [2.24, 2.45) is 0 Å². The molecular weight excluding hydrogens is 317 g/mol. The molecule has 0 fully saturated rings. The van der Waals surface area contributed by atoms with E-state index >= 15 is 0 Å². The van der Waals surface area contributed by atoms with Crippen molar-refractivity contribution in [1.82, 2.24) is 5.32 Å². The number of alkyl carbamates (subject to hydrolysis) is 1. The van der Waals surface area contributed by atoms with Gasteiger partial charge in [-0.15, -0.1) is 0 Å². The van der Waals surface area contributed by atoms with Crippen LogP contribution in [-0.4, -0.2) is 22.8 Å². The lowest BCUT2D eigenvalue weighted by atomic mass is 10.0. The summed E-state index contributed by atoms with van der Waals surface area (Å²) in [6.45, 7) is 5.14.